The fourth-order valence-corrected chi connectivity index (χ4v) is 2.67. The van der Waals surface area contributed by atoms with Crippen LogP contribution in [0.2, 0.25) is 0 Å². The summed E-state index contributed by atoms with van der Waals surface area (Å²) in [6.07, 6.45) is 1.94. The van der Waals surface area contributed by atoms with Crippen molar-refractivity contribution >= 4 is 17.0 Å². The first kappa shape index (κ1) is 15.8. The Balaban J connectivity index is 1.89. The molecule has 5 heteroatoms. The molecule has 1 aromatic carbocycles. The number of aliphatic hydroxyl groups is 1. The zero-order valence-corrected chi connectivity index (χ0v) is 13.5. The van der Waals surface area contributed by atoms with Crippen LogP contribution in [0.25, 0.3) is 0 Å². The highest BCUT2D eigenvalue weighted by atomic mass is 32.1. The Bertz CT molecular complexity index is 558. The van der Waals surface area contributed by atoms with Crippen molar-refractivity contribution < 1.29 is 9.84 Å². The molecular formula is C16H22N2O2S. The third-order valence-corrected chi connectivity index (χ3v) is 4.30. The Morgan fingerprint density at radius 1 is 1.24 bits per heavy atom. The smallest absolute Gasteiger partial charge is 0.119 e. The van der Waals surface area contributed by atoms with Gasteiger partial charge in [0.2, 0.25) is 0 Å². The number of hydrogen-bond donors (Lipinski definition) is 2. The van der Waals surface area contributed by atoms with E-state index in [-0.39, 0.29) is 12.0 Å². The van der Waals surface area contributed by atoms with Crippen molar-refractivity contribution in [2.24, 2.45) is 0 Å². The van der Waals surface area contributed by atoms with Gasteiger partial charge in [-0.15, -0.1) is 11.3 Å². The first-order valence-corrected chi connectivity index (χ1v) is 7.83. The molecular weight excluding hydrogens is 284 g/mol. The molecule has 114 valence electrons. The molecule has 1 heterocycles. The van der Waals surface area contributed by atoms with Crippen LogP contribution < -0.4 is 10.1 Å². The average molecular weight is 306 g/mol. The highest BCUT2D eigenvalue weighted by molar-refractivity contribution is 7.11. The van der Waals surface area contributed by atoms with E-state index in [1.54, 1.807) is 11.3 Å². The van der Waals surface area contributed by atoms with Gasteiger partial charge in [-0.1, -0.05) is 20.8 Å². The molecule has 2 rings (SSSR count). The zero-order valence-electron chi connectivity index (χ0n) is 12.7. The van der Waals surface area contributed by atoms with Crippen molar-refractivity contribution in [3.05, 3.63) is 40.3 Å². The number of nitrogens with zero attached hydrogens (tertiary/aromatic N) is 1. The van der Waals surface area contributed by atoms with E-state index in [1.165, 1.54) is 4.88 Å². The lowest BCUT2D eigenvalue weighted by atomic mass is 9.98. The molecule has 0 atom stereocenters. The summed E-state index contributed by atoms with van der Waals surface area (Å²) in [7, 11) is 0. The molecule has 0 aliphatic rings. The number of thiazole rings is 1. The molecule has 0 bridgehead atoms. The third-order valence-electron chi connectivity index (χ3n) is 2.88. The minimum absolute atomic E-state index is 0.0293. The Kier molecular flexibility index (Phi) is 5.20. The van der Waals surface area contributed by atoms with E-state index in [4.69, 9.17) is 9.84 Å². The number of anilines is 1. The molecule has 0 radical (unpaired) electrons. The van der Waals surface area contributed by atoms with Gasteiger partial charge in [0.1, 0.15) is 12.4 Å². The number of ether oxygens (including phenoxy) is 1. The lowest BCUT2D eigenvalue weighted by molar-refractivity contribution is 0.201. The van der Waals surface area contributed by atoms with Gasteiger partial charge in [-0.2, -0.15) is 0 Å². The minimum atomic E-state index is 0.0293. The topological polar surface area (TPSA) is 54.4 Å². The Labute approximate surface area is 129 Å². The number of benzene rings is 1. The molecule has 0 amide bonds. The fourth-order valence-electron chi connectivity index (χ4n) is 1.76. The predicted octanol–water partition coefficient (Wildman–Crippen LogP) is 3.42. The van der Waals surface area contributed by atoms with Gasteiger partial charge in [-0.3, -0.25) is 0 Å². The van der Waals surface area contributed by atoms with Gasteiger partial charge in [0.05, 0.1) is 18.2 Å². The average Bonchev–Trinajstić information content (AvgIpc) is 2.93. The maximum atomic E-state index is 8.71. The SMILES string of the molecule is CC(C)(C)c1ncc(CNc2ccc(OCCO)cc2)s1. The van der Waals surface area contributed by atoms with Crippen molar-refractivity contribution in [2.45, 2.75) is 32.7 Å². The number of nitrogens with one attached hydrogen (secondary N) is 1. The molecule has 0 saturated carbocycles. The summed E-state index contributed by atoms with van der Waals surface area (Å²) in [5.41, 5.74) is 1.14. The predicted molar refractivity (Wildman–Crippen MR) is 87.2 cm³/mol. The normalized spacial score (nSPS) is 11.4. The molecule has 0 unspecified atom stereocenters. The molecule has 1 aromatic heterocycles. The second-order valence-electron chi connectivity index (χ2n) is 5.83. The second-order valence-corrected chi connectivity index (χ2v) is 6.95. The molecule has 0 aliphatic heterocycles. The first-order chi connectivity index (χ1) is 9.99. The van der Waals surface area contributed by atoms with Crippen LogP contribution in [-0.2, 0) is 12.0 Å². The Morgan fingerprint density at radius 2 is 1.95 bits per heavy atom. The molecule has 21 heavy (non-hydrogen) atoms. The number of hydrogen-bond acceptors (Lipinski definition) is 5. The quantitative estimate of drug-likeness (QED) is 0.858. The molecule has 0 fully saturated rings. The number of aliphatic hydroxyl groups excluding tert-OH is 1. The van der Waals surface area contributed by atoms with Crippen LogP contribution in [-0.4, -0.2) is 23.3 Å². The summed E-state index contributed by atoms with van der Waals surface area (Å²) in [5.74, 6) is 0.766. The van der Waals surface area contributed by atoms with E-state index in [0.717, 1.165) is 23.0 Å². The molecule has 0 saturated heterocycles. The van der Waals surface area contributed by atoms with Crippen molar-refractivity contribution in [2.75, 3.05) is 18.5 Å². The molecule has 2 N–H and O–H groups in total. The van der Waals surface area contributed by atoms with Gasteiger partial charge in [0, 0.05) is 22.2 Å². The van der Waals surface area contributed by atoms with Crippen LogP contribution in [0, 0.1) is 0 Å². The van der Waals surface area contributed by atoms with Gasteiger partial charge in [0.15, 0.2) is 0 Å². The fraction of sp³-hybridized carbons (Fsp3) is 0.438. The van der Waals surface area contributed by atoms with E-state index in [2.05, 4.69) is 31.1 Å². The molecule has 2 aromatic rings. The maximum absolute atomic E-state index is 8.71. The first-order valence-electron chi connectivity index (χ1n) is 7.02. The van der Waals surface area contributed by atoms with E-state index >= 15 is 0 Å². The van der Waals surface area contributed by atoms with Crippen molar-refractivity contribution in [1.82, 2.24) is 4.98 Å². The van der Waals surface area contributed by atoms with Crippen LogP contribution in [0.4, 0.5) is 5.69 Å². The van der Waals surface area contributed by atoms with Crippen molar-refractivity contribution in [3.63, 3.8) is 0 Å². The van der Waals surface area contributed by atoms with E-state index in [9.17, 15) is 0 Å². The zero-order chi connectivity index (χ0) is 15.3. The highest BCUT2D eigenvalue weighted by Crippen LogP contribution is 2.27. The number of aromatic nitrogens is 1. The second kappa shape index (κ2) is 6.91. The largest absolute Gasteiger partial charge is 0.491 e. The van der Waals surface area contributed by atoms with Gasteiger partial charge < -0.3 is 15.2 Å². The summed E-state index contributed by atoms with van der Waals surface area (Å²) in [5, 5.41) is 13.2. The lowest BCUT2D eigenvalue weighted by Crippen LogP contribution is -2.09. The van der Waals surface area contributed by atoms with E-state index in [1.807, 2.05) is 30.5 Å². The summed E-state index contributed by atoms with van der Waals surface area (Å²) in [6, 6.07) is 7.73. The molecule has 0 spiro atoms. The third kappa shape index (κ3) is 4.72. The van der Waals surface area contributed by atoms with Gasteiger partial charge in [-0.25, -0.2) is 4.98 Å². The van der Waals surface area contributed by atoms with Gasteiger partial charge >= 0.3 is 0 Å². The molecule has 4 nitrogen and oxygen atoms in total. The van der Waals surface area contributed by atoms with Crippen LogP contribution in [0.5, 0.6) is 5.75 Å². The van der Waals surface area contributed by atoms with Crippen LogP contribution >= 0.6 is 11.3 Å². The Hall–Kier alpha value is -1.59. The van der Waals surface area contributed by atoms with Crippen LogP contribution in [0.3, 0.4) is 0 Å². The van der Waals surface area contributed by atoms with Crippen LogP contribution in [0.15, 0.2) is 30.5 Å². The molecule has 0 aliphatic carbocycles. The van der Waals surface area contributed by atoms with E-state index < -0.39 is 0 Å². The van der Waals surface area contributed by atoms with Crippen LogP contribution in [0.1, 0.15) is 30.7 Å². The lowest BCUT2D eigenvalue weighted by Gasteiger charge is -2.13. The summed E-state index contributed by atoms with van der Waals surface area (Å²) in [4.78, 5) is 5.71. The van der Waals surface area contributed by atoms with Crippen molar-refractivity contribution in [3.8, 4) is 5.75 Å². The standard InChI is InChI=1S/C16H22N2O2S/c1-16(2,3)15-18-11-14(21-15)10-17-12-4-6-13(7-5-12)20-9-8-19/h4-7,11,17,19H,8-10H2,1-3H3. The van der Waals surface area contributed by atoms with Gasteiger partial charge in [0.25, 0.3) is 0 Å². The monoisotopic (exact) mass is 306 g/mol. The highest BCUT2D eigenvalue weighted by Gasteiger charge is 2.17. The summed E-state index contributed by atoms with van der Waals surface area (Å²) < 4.78 is 5.33. The summed E-state index contributed by atoms with van der Waals surface area (Å²) in [6.45, 7) is 7.64. The number of rotatable bonds is 6. The minimum Gasteiger partial charge on any atom is -0.491 e. The van der Waals surface area contributed by atoms with Crippen molar-refractivity contribution in [1.29, 1.82) is 0 Å². The Morgan fingerprint density at radius 3 is 2.52 bits per heavy atom. The van der Waals surface area contributed by atoms with Gasteiger partial charge in [-0.05, 0) is 24.3 Å². The maximum Gasteiger partial charge on any atom is 0.119 e. The summed E-state index contributed by atoms with van der Waals surface area (Å²) >= 11 is 1.75. The van der Waals surface area contributed by atoms with E-state index in [0.29, 0.717) is 6.61 Å².